The topological polar surface area (TPSA) is 142 Å². The summed E-state index contributed by atoms with van der Waals surface area (Å²) in [6.45, 7) is 1.26. The van der Waals surface area contributed by atoms with Crippen molar-refractivity contribution in [1.82, 2.24) is 10.6 Å². The summed E-state index contributed by atoms with van der Waals surface area (Å²) in [6, 6.07) is 14.8. The first kappa shape index (κ1) is 23.1. The van der Waals surface area contributed by atoms with E-state index in [4.69, 9.17) is 5.73 Å². The van der Waals surface area contributed by atoms with Crippen molar-refractivity contribution in [3.05, 3.63) is 71.8 Å². The van der Waals surface area contributed by atoms with E-state index in [9.17, 15) is 24.6 Å². The van der Waals surface area contributed by atoms with Crippen molar-refractivity contribution >= 4 is 17.8 Å². The molecule has 2 rings (SSSR count). The number of carboxylic acids is 1. The van der Waals surface area contributed by atoms with E-state index in [1.807, 2.05) is 36.4 Å². The summed E-state index contributed by atoms with van der Waals surface area (Å²) in [7, 11) is 0. The number of amides is 2. The molecule has 0 fully saturated rings. The third-order valence-electron chi connectivity index (χ3n) is 4.60. The molecule has 0 heterocycles. The fourth-order valence-corrected chi connectivity index (χ4v) is 2.94. The molecule has 2 amide bonds. The lowest BCUT2D eigenvalue weighted by Gasteiger charge is -2.24. The van der Waals surface area contributed by atoms with Crippen molar-refractivity contribution < 1.29 is 24.6 Å². The maximum Gasteiger partial charge on any atom is 0.328 e. The molecule has 0 radical (unpaired) electrons. The van der Waals surface area contributed by atoms with Crippen molar-refractivity contribution in [1.29, 1.82) is 0 Å². The summed E-state index contributed by atoms with van der Waals surface area (Å²) in [5.41, 5.74) is 7.67. The highest BCUT2D eigenvalue weighted by atomic mass is 16.4. The average molecular weight is 413 g/mol. The molecule has 0 aliphatic carbocycles. The second-order valence-corrected chi connectivity index (χ2v) is 7.11. The highest BCUT2D eigenvalue weighted by molar-refractivity contribution is 5.92. The van der Waals surface area contributed by atoms with Gasteiger partial charge in [-0.1, -0.05) is 60.7 Å². The van der Waals surface area contributed by atoms with E-state index in [0.29, 0.717) is 0 Å². The van der Waals surface area contributed by atoms with Gasteiger partial charge in [0.1, 0.15) is 6.04 Å². The SMILES string of the molecule is C[C@@H](O)[C@H](NC(=O)[C@H](Cc1ccccc1)NC(=O)[C@@H](N)Cc1ccccc1)C(=O)O. The number of nitrogens with one attached hydrogen (secondary N) is 2. The molecule has 6 N–H and O–H groups in total. The molecule has 0 spiro atoms. The molecule has 4 atom stereocenters. The van der Waals surface area contributed by atoms with E-state index in [1.54, 1.807) is 24.3 Å². The van der Waals surface area contributed by atoms with Crippen LogP contribution in [-0.2, 0) is 27.2 Å². The number of nitrogens with two attached hydrogens (primary N) is 1. The molecule has 0 bridgehead atoms. The molecule has 0 aliphatic heterocycles. The standard InChI is InChI=1S/C22H27N3O5/c1-14(26)19(22(29)30)25-21(28)18(13-16-10-6-3-7-11-16)24-20(27)17(23)12-15-8-4-2-5-9-15/h2-11,14,17-19,26H,12-13,23H2,1H3,(H,24,27)(H,25,28)(H,29,30)/t14-,17+,18+,19+/m1/s1. The van der Waals surface area contributed by atoms with Crippen LogP contribution in [0.1, 0.15) is 18.1 Å². The number of rotatable bonds is 10. The summed E-state index contributed by atoms with van der Waals surface area (Å²) in [5, 5.41) is 23.8. The molecule has 0 aliphatic rings. The first-order valence-corrected chi connectivity index (χ1v) is 9.63. The zero-order valence-electron chi connectivity index (χ0n) is 16.7. The van der Waals surface area contributed by atoms with E-state index in [0.717, 1.165) is 11.1 Å². The Hall–Kier alpha value is -3.23. The molecule has 2 aromatic rings. The number of aliphatic hydroxyl groups excluding tert-OH is 1. The minimum atomic E-state index is -1.49. The molecule has 0 aromatic heterocycles. The van der Waals surface area contributed by atoms with E-state index < -0.39 is 42.0 Å². The lowest BCUT2D eigenvalue weighted by atomic mass is 10.0. The van der Waals surface area contributed by atoms with Gasteiger partial charge in [0.2, 0.25) is 11.8 Å². The van der Waals surface area contributed by atoms with E-state index >= 15 is 0 Å². The summed E-state index contributed by atoms with van der Waals surface area (Å²) >= 11 is 0. The van der Waals surface area contributed by atoms with Crippen LogP contribution in [0.4, 0.5) is 0 Å². The normalized spacial score (nSPS) is 14.8. The number of carbonyl (C=O) groups is 3. The molecular weight excluding hydrogens is 386 g/mol. The van der Waals surface area contributed by atoms with Crippen molar-refractivity contribution in [2.75, 3.05) is 0 Å². The van der Waals surface area contributed by atoms with Gasteiger partial charge in [-0.2, -0.15) is 0 Å². The van der Waals surface area contributed by atoms with Gasteiger partial charge in [-0.15, -0.1) is 0 Å². The third kappa shape index (κ3) is 6.98. The van der Waals surface area contributed by atoms with Gasteiger partial charge in [-0.25, -0.2) is 4.79 Å². The van der Waals surface area contributed by atoms with Crippen molar-refractivity contribution in [3.8, 4) is 0 Å². The van der Waals surface area contributed by atoms with Crippen LogP contribution in [-0.4, -0.2) is 52.2 Å². The van der Waals surface area contributed by atoms with E-state index in [-0.39, 0.29) is 12.8 Å². The maximum absolute atomic E-state index is 12.7. The molecule has 8 heteroatoms. The van der Waals surface area contributed by atoms with Gasteiger partial charge in [0.15, 0.2) is 6.04 Å². The number of hydrogen-bond donors (Lipinski definition) is 5. The van der Waals surface area contributed by atoms with Crippen LogP contribution >= 0.6 is 0 Å². The first-order chi connectivity index (χ1) is 14.3. The van der Waals surface area contributed by atoms with Crippen LogP contribution in [0.25, 0.3) is 0 Å². The van der Waals surface area contributed by atoms with Crippen molar-refractivity contribution in [2.24, 2.45) is 5.73 Å². The Balaban J connectivity index is 2.13. The van der Waals surface area contributed by atoms with Crippen LogP contribution in [0.15, 0.2) is 60.7 Å². The zero-order chi connectivity index (χ0) is 22.1. The molecule has 8 nitrogen and oxygen atoms in total. The number of aliphatic carboxylic acids is 1. The number of carboxylic acid groups (broad SMARTS) is 1. The Morgan fingerprint density at radius 1 is 0.867 bits per heavy atom. The summed E-state index contributed by atoms with van der Waals surface area (Å²) in [6.07, 6.45) is -0.875. The van der Waals surface area contributed by atoms with Gasteiger partial charge >= 0.3 is 5.97 Å². The molecule has 2 aromatic carbocycles. The number of aliphatic hydroxyl groups is 1. The Morgan fingerprint density at radius 2 is 1.37 bits per heavy atom. The van der Waals surface area contributed by atoms with Crippen LogP contribution in [0.2, 0.25) is 0 Å². The van der Waals surface area contributed by atoms with Gasteiger partial charge in [-0.3, -0.25) is 9.59 Å². The largest absolute Gasteiger partial charge is 0.480 e. The van der Waals surface area contributed by atoms with Gasteiger partial charge in [0.25, 0.3) is 0 Å². The first-order valence-electron chi connectivity index (χ1n) is 9.63. The number of carbonyl (C=O) groups excluding carboxylic acids is 2. The Bertz CT molecular complexity index is 842. The molecule has 0 saturated carbocycles. The Kier molecular flexibility index (Phi) is 8.52. The highest BCUT2D eigenvalue weighted by Gasteiger charge is 2.30. The zero-order valence-corrected chi connectivity index (χ0v) is 16.7. The summed E-state index contributed by atoms with van der Waals surface area (Å²) in [5.74, 6) is -2.62. The highest BCUT2D eigenvalue weighted by Crippen LogP contribution is 2.07. The Morgan fingerprint density at radius 3 is 1.83 bits per heavy atom. The van der Waals surface area contributed by atoms with Crippen molar-refractivity contribution in [3.63, 3.8) is 0 Å². The van der Waals surface area contributed by atoms with Crippen LogP contribution < -0.4 is 16.4 Å². The van der Waals surface area contributed by atoms with Crippen LogP contribution in [0, 0.1) is 0 Å². The molecule has 160 valence electrons. The van der Waals surface area contributed by atoms with Gasteiger partial charge in [0, 0.05) is 6.42 Å². The van der Waals surface area contributed by atoms with Crippen LogP contribution in [0.3, 0.4) is 0 Å². The van der Waals surface area contributed by atoms with E-state index in [1.165, 1.54) is 6.92 Å². The number of benzene rings is 2. The van der Waals surface area contributed by atoms with Gasteiger partial charge in [-0.05, 0) is 24.5 Å². The average Bonchev–Trinajstić information content (AvgIpc) is 2.72. The molecular formula is C22H27N3O5. The van der Waals surface area contributed by atoms with Crippen LogP contribution in [0.5, 0.6) is 0 Å². The predicted molar refractivity (Wildman–Crippen MR) is 111 cm³/mol. The lowest BCUT2D eigenvalue weighted by Crippen LogP contribution is -2.57. The smallest absolute Gasteiger partial charge is 0.328 e. The van der Waals surface area contributed by atoms with E-state index in [2.05, 4.69) is 10.6 Å². The summed E-state index contributed by atoms with van der Waals surface area (Å²) < 4.78 is 0. The fourth-order valence-electron chi connectivity index (χ4n) is 2.94. The minimum absolute atomic E-state index is 0.141. The number of hydrogen-bond acceptors (Lipinski definition) is 5. The maximum atomic E-state index is 12.7. The lowest BCUT2D eigenvalue weighted by molar-refractivity contribution is -0.145. The monoisotopic (exact) mass is 413 g/mol. The summed E-state index contributed by atoms with van der Waals surface area (Å²) in [4.78, 5) is 36.7. The van der Waals surface area contributed by atoms with Gasteiger partial charge < -0.3 is 26.6 Å². The minimum Gasteiger partial charge on any atom is -0.480 e. The van der Waals surface area contributed by atoms with Crippen molar-refractivity contribution in [2.45, 2.75) is 44.0 Å². The second kappa shape index (κ2) is 11.1. The quantitative estimate of drug-likeness (QED) is 0.378. The molecule has 0 saturated heterocycles. The second-order valence-electron chi connectivity index (χ2n) is 7.11. The molecule has 30 heavy (non-hydrogen) atoms. The third-order valence-corrected chi connectivity index (χ3v) is 4.60. The predicted octanol–water partition coefficient (Wildman–Crippen LogP) is 0.234. The Labute approximate surface area is 175 Å². The fraction of sp³-hybridized carbons (Fsp3) is 0.318. The van der Waals surface area contributed by atoms with Gasteiger partial charge in [0.05, 0.1) is 12.1 Å². The molecule has 0 unspecified atom stereocenters.